The second kappa shape index (κ2) is 5.50. The summed E-state index contributed by atoms with van der Waals surface area (Å²) in [7, 11) is 1.84. The Morgan fingerprint density at radius 2 is 2.26 bits per heavy atom. The van der Waals surface area contributed by atoms with Gasteiger partial charge in [0.05, 0.1) is 11.9 Å². The SMILES string of the molecule is CC(NCC(C)(O)c1cnn(C)c1)c1ccccn1. The molecule has 0 amide bonds. The fraction of sp³-hybridized carbons (Fsp3) is 0.429. The average Bonchev–Trinajstić information content (AvgIpc) is 2.85. The predicted octanol–water partition coefficient (Wildman–Crippen LogP) is 1.37. The maximum absolute atomic E-state index is 10.5. The number of aliphatic hydroxyl groups is 1. The number of nitrogens with zero attached hydrogens (tertiary/aromatic N) is 3. The van der Waals surface area contributed by atoms with Crippen molar-refractivity contribution in [3.8, 4) is 0 Å². The Hall–Kier alpha value is -1.72. The Labute approximate surface area is 113 Å². The van der Waals surface area contributed by atoms with E-state index in [0.717, 1.165) is 11.3 Å². The van der Waals surface area contributed by atoms with Crippen LogP contribution in [0.2, 0.25) is 0 Å². The third-order valence-electron chi connectivity index (χ3n) is 3.21. The fourth-order valence-electron chi connectivity index (χ4n) is 1.89. The van der Waals surface area contributed by atoms with Crippen LogP contribution in [0.3, 0.4) is 0 Å². The summed E-state index contributed by atoms with van der Waals surface area (Å²) in [5.41, 5.74) is 0.817. The van der Waals surface area contributed by atoms with E-state index in [1.54, 1.807) is 24.0 Å². The van der Waals surface area contributed by atoms with Crippen molar-refractivity contribution in [1.29, 1.82) is 0 Å². The Balaban J connectivity index is 1.98. The summed E-state index contributed by atoms with van der Waals surface area (Å²) < 4.78 is 1.69. The summed E-state index contributed by atoms with van der Waals surface area (Å²) in [4.78, 5) is 4.30. The molecule has 0 saturated carbocycles. The fourth-order valence-corrected chi connectivity index (χ4v) is 1.89. The van der Waals surface area contributed by atoms with E-state index in [9.17, 15) is 5.11 Å². The molecule has 0 saturated heterocycles. The minimum atomic E-state index is -0.947. The Morgan fingerprint density at radius 3 is 2.84 bits per heavy atom. The van der Waals surface area contributed by atoms with Crippen molar-refractivity contribution < 1.29 is 5.11 Å². The lowest BCUT2D eigenvalue weighted by molar-refractivity contribution is 0.0541. The minimum Gasteiger partial charge on any atom is -0.384 e. The molecule has 0 radical (unpaired) electrons. The number of aromatic nitrogens is 3. The Morgan fingerprint density at radius 1 is 1.47 bits per heavy atom. The highest BCUT2D eigenvalue weighted by Gasteiger charge is 2.25. The largest absolute Gasteiger partial charge is 0.384 e. The highest BCUT2D eigenvalue weighted by molar-refractivity contribution is 5.15. The number of nitrogens with one attached hydrogen (secondary N) is 1. The van der Waals surface area contributed by atoms with Crippen molar-refractivity contribution in [3.63, 3.8) is 0 Å². The minimum absolute atomic E-state index is 0.0874. The standard InChI is InChI=1S/C14H20N4O/c1-11(13-6-4-5-7-15-13)16-10-14(2,19)12-8-17-18(3)9-12/h4-9,11,16,19H,10H2,1-3H3. The second-order valence-electron chi connectivity index (χ2n) is 5.03. The predicted molar refractivity (Wildman–Crippen MR) is 73.4 cm³/mol. The molecule has 0 fully saturated rings. The van der Waals surface area contributed by atoms with E-state index < -0.39 is 5.60 Å². The van der Waals surface area contributed by atoms with Gasteiger partial charge in [-0.05, 0) is 26.0 Å². The molecular formula is C14H20N4O. The van der Waals surface area contributed by atoms with E-state index in [1.807, 2.05) is 38.4 Å². The van der Waals surface area contributed by atoms with Gasteiger partial charge in [0.15, 0.2) is 0 Å². The molecular weight excluding hydrogens is 240 g/mol. The summed E-state index contributed by atoms with van der Waals surface area (Å²) in [6.45, 7) is 4.25. The van der Waals surface area contributed by atoms with Gasteiger partial charge >= 0.3 is 0 Å². The lowest BCUT2D eigenvalue weighted by Crippen LogP contribution is -2.36. The van der Waals surface area contributed by atoms with E-state index in [2.05, 4.69) is 15.4 Å². The third-order valence-corrected chi connectivity index (χ3v) is 3.21. The molecule has 2 N–H and O–H groups in total. The van der Waals surface area contributed by atoms with Crippen LogP contribution in [0.1, 0.15) is 31.1 Å². The zero-order valence-electron chi connectivity index (χ0n) is 11.5. The van der Waals surface area contributed by atoms with Crippen LogP contribution in [-0.2, 0) is 12.6 Å². The topological polar surface area (TPSA) is 63.0 Å². The molecule has 0 aliphatic heterocycles. The molecule has 2 heterocycles. The molecule has 2 rings (SSSR count). The number of hydrogen-bond donors (Lipinski definition) is 2. The molecule has 2 aromatic heterocycles. The number of hydrogen-bond acceptors (Lipinski definition) is 4. The van der Waals surface area contributed by atoms with Gasteiger partial charge in [0, 0.05) is 37.6 Å². The first-order valence-corrected chi connectivity index (χ1v) is 6.35. The van der Waals surface area contributed by atoms with E-state index in [-0.39, 0.29) is 6.04 Å². The monoisotopic (exact) mass is 260 g/mol. The molecule has 2 atom stereocenters. The van der Waals surface area contributed by atoms with Crippen molar-refractivity contribution >= 4 is 0 Å². The average molecular weight is 260 g/mol. The second-order valence-corrected chi connectivity index (χ2v) is 5.03. The van der Waals surface area contributed by atoms with Crippen LogP contribution in [0.5, 0.6) is 0 Å². The molecule has 2 unspecified atom stereocenters. The summed E-state index contributed by atoms with van der Waals surface area (Å²) in [5.74, 6) is 0. The van der Waals surface area contributed by atoms with Gasteiger partial charge in [-0.1, -0.05) is 6.07 Å². The Kier molecular flexibility index (Phi) is 3.97. The van der Waals surface area contributed by atoms with Gasteiger partial charge < -0.3 is 10.4 Å². The van der Waals surface area contributed by atoms with E-state index >= 15 is 0 Å². The van der Waals surface area contributed by atoms with Crippen molar-refractivity contribution in [2.45, 2.75) is 25.5 Å². The summed E-state index contributed by atoms with van der Waals surface area (Å²) in [6, 6.07) is 5.91. The smallest absolute Gasteiger partial charge is 0.102 e. The van der Waals surface area contributed by atoms with Gasteiger partial charge in [0.1, 0.15) is 5.60 Å². The molecule has 0 aliphatic rings. The first-order valence-electron chi connectivity index (χ1n) is 6.35. The molecule has 0 aliphatic carbocycles. The number of pyridine rings is 1. The van der Waals surface area contributed by atoms with Crippen molar-refractivity contribution in [3.05, 3.63) is 48.0 Å². The molecule has 5 heteroatoms. The quantitative estimate of drug-likeness (QED) is 0.852. The van der Waals surface area contributed by atoms with Gasteiger partial charge in [0.25, 0.3) is 0 Å². The third kappa shape index (κ3) is 3.39. The molecule has 19 heavy (non-hydrogen) atoms. The lowest BCUT2D eigenvalue weighted by Gasteiger charge is -2.24. The summed E-state index contributed by atoms with van der Waals surface area (Å²) in [5, 5.41) is 17.8. The Bertz CT molecular complexity index is 521. The molecule has 102 valence electrons. The normalized spacial score (nSPS) is 16.0. The van der Waals surface area contributed by atoms with Crippen LogP contribution in [0.15, 0.2) is 36.8 Å². The van der Waals surface area contributed by atoms with Crippen molar-refractivity contribution in [1.82, 2.24) is 20.1 Å². The van der Waals surface area contributed by atoms with Crippen molar-refractivity contribution in [2.24, 2.45) is 7.05 Å². The first-order chi connectivity index (χ1) is 8.99. The van der Waals surface area contributed by atoms with Gasteiger partial charge in [-0.2, -0.15) is 5.10 Å². The maximum Gasteiger partial charge on any atom is 0.102 e. The number of rotatable bonds is 5. The van der Waals surface area contributed by atoms with Gasteiger partial charge in [0.2, 0.25) is 0 Å². The summed E-state index contributed by atoms with van der Waals surface area (Å²) >= 11 is 0. The molecule has 0 aromatic carbocycles. The van der Waals surface area contributed by atoms with E-state index in [1.165, 1.54) is 0 Å². The van der Waals surface area contributed by atoms with Gasteiger partial charge in [-0.15, -0.1) is 0 Å². The van der Waals surface area contributed by atoms with Crippen LogP contribution in [0, 0.1) is 0 Å². The lowest BCUT2D eigenvalue weighted by atomic mass is 9.99. The zero-order valence-corrected chi connectivity index (χ0v) is 11.5. The van der Waals surface area contributed by atoms with Crippen LogP contribution >= 0.6 is 0 Å². The summed E-state index contributed by atoms with van der Waals surface area (Å²) in [6.07, 6.45) is 5.28. The van der Waals surface area contributed by atoms with Gasteiger partial charge in [-0.3, -0.25) is 9.67 Å². The molecule has 2 aromatic rings. The first kappa shape index (κ1) is 13.7. The van der Waals surface area contributed by atoms with Crippen molar-refractivity contribution in [2.75, 3.05) is 6.54 Å². The van der Waals surface area contributed by atoms with Crippen LogP contribution in [0.4, 0.5) is 0 Å². The zero-order chi connectivity index (χ0) is 13.9. The highest BCUT2D eigenvalue weighted by atomic mass is 16.3. The molecule has 0 bridgehead atoms. The van der Waals surface area contributed by atoms with Gasteiger partial charge in [-0.25, -0.2) is 0 Å². The van der Waals surface area contributed by atoms with Crippen LogP contribution < -0.4 is 5.32 Å². The number of aryl methyl sites for hydroxylation is 1. The van der Waals surface area contributed by atoms with Crippen LogP contribution in [-0.4, -0.2) is 26.4 Å². The molecule has 5 nitrogen and oxygen atoms in total. The molecule has 0 spiro atoms. The van der Waals surface area contributed by atoms with E-state index in [4.69, 9.17) is 0 Å². The maximum atomic E-state index is 10.5. The van der Waals surface area contributed by atoms with E-state index in [0.29, 0.717) is 6.54 Å². The highest BCUT2D eigenvalue weighted by Crippen LogP contribution is 2.20. The van der Waals surface area contributed by atoms with Crippen LogP contribution in [0.25, 0.3) is 0 Å².